The van der Waals surface area contributed by atoms with Crippen LogP contribution in [0.4, 0.5) is 21.9 Å². The van der Waals surface area contributed by atoms with Crippen molar-refractivity contribution in [1.29, 1.82) is 0 Å². The highest BCUT2D eigenvalue weighted by Gasteiger charge is 2.09. The molecule has 2 aromatic rings. The van der Waals surface area contributed by atoms with Crippen LogP contribution in [0.1, 0.15) is 13.8 Å². The van der Waals surface area contributed by atoms with Gasteiger partial charge in [-0.1, -0.05) is 0 Å². The molecule has 9 heteroatoms. The maximum atomic E-state index is 12.2. The zero-order valence-electron chi connectivity index (χ0n) is 15.4. The second-order valence-electron chi connectivity index (χ2n) is 5.56. The van der Waals surface area contributed by atoms with Gasteiger partial charge in [-0.2, -0.15) is 0 Å². The van der Waals surface area contributed by atoms with E-state index >= 15 is 0 Å². The van der Waals surface area contributed by atoms with E-state index in [9.17, 15) is 13.2 Å². The summed E-state index contributed by atoms with van der Waals surface area (Å²) in [7, 11) is -3.34. The van der Waals surface area contributed by atoms with Gasteiger partial charge >= 0.3 is 6.03 Å². The number of anilines is 3. The van der Waals surface area contributed by atoms with Crippen LogP contribution in [0.3, 0.4) is 0 Å². The van der Waals surface area contributed by atoms with Gasteiger partial charge in [0.1, 0.15) is 0 Å². The molecule has 0 radical (unpaired) electrons. The Morgan fingerprint density at radius 1 is 0.852 bits per heavy atom. The topological polar surface area (TPSA) is 106 Å². The van der Waals surface area contributed by atoms with Crippen LogP contribution in [0.25, 0.3) is 0 Å². The Morgan fingerprint density at radius 3 is 1.96 bits per heavy atom. The maximum absolute atomic E-state index is 12.2. The smallest absolute Gasteiger partial charge is 0.323 e. The molecule has 2 rings (SSSR count). The summed E-state index contributed by atoms with van der Waals surface area (Å²) in [5, 5.41) is 5.39. The molecular formula is C18H23N3O5S. The van der Waals surface area contributed by atoms with Gasteiger partial charge in [0.15, 0.2) is 11.5 Å². The van der Waals surface area contributed by atoms with Crippen LogP contribution >= 0.6 is 0 Å². The van der Waals surface area contributed by atoms with Crippen LogP contribution in [0.15, 0.2) is 42.5 Å². The van der Waals surface area contributed by atoms with Gasteiger partial charge in [0.05, 0.1) is 19.5 Å². The lowest BCUT2D eigenvalue weighted by atomic mass is 10.2. The number of hydrogen-bond donors (Lipinski definition) is 3. The van der Waals surface area contributed by atoms with E-state index in [1.54, 1.807) is 42.5 Å². The molecule has 0 fully saturated rings. The fraction of sp³-hybridized carbons (Fsp3) is 0.278. The number of carbonyl (C=O) groups excluding carboxylic acids is 1. The van der Waals surface area contributed by atoms with E-state index in [0.29, 0.717) is 41.8 Å². The normalized spacial score (nSPS) is 10.8. The average Bonchev–Trinajstić information content (AvgIpc) is 2.58. The number of sulfonamides is 1. The van der Waals surface area contributed by atoms with Crippen molar-refractivity contribution in [3.05, 3.63) is 42.5 Å². The highest BCUT2D eigenvalue weighted by Crippen LogP contribution is 2.30. The molecule has 27 heavy (non-hydrogen) atoms. The van der Waals surface area contributed by atoms with Crippen molar-refractivity contribution in [2.75, 3.05) is 34.8 Å². The third-order valence-electron chi connectivity index (χ3n) is 3.25. The second kappa shape index (κ2) is 9.13. The molecule has 0 unspecified atom stereocenters. The Balaban J connectivity index is 2.01. The van der Waals surface area contributed by atoms with Crippen molar-refractivity contribution in [2.45, 2.75) is 13.8 Å². The van der Waals surface area contributed by atoms with E-state index in [0.717, 1.165) is 6.26 Å². The zero-order chi connectivity index (χ0) is 19.9. The number of nitrogens with one attached hydrogen (secondary N) is 3. The molecule has 0 aliphatic heterocycles. The van der Waals surface area contributed by atoms with Gasteiger partial charge in [-0.15, -0.1) is 0 Å². The van der Waals surface area contributed by atoms with Crippen molar-refractivity contribution in [2.24, 2.45) is 0 Å². The number of ether oxygens (including phenoxy) is 2. The number of urea groups is 1. The van der Waals surface area contributed by atoms with Crippen molar-refractivity contribution in [1.82, 2.24) is 0 Å². The highest BCUT2D eigenvalue weighted by molar-refractivity contribution is 7.92. The van der Waals surface area contributed by atoms with Crippen molar-refractivity contribution in [3.63, 3.8) is 0 Å². The summed E-state index contributed by atoms with van der Waals surface area (Å²) in [4.78, 5) is 12.2. The van der Waals surface area contributed by atoms with E-state index in [4.69, 9.17) is 9.47 Å². The molecule has 0 aliphatic rings. The van der Waals surface area contributed by atoms with Gasteiger partial charge in [-0.05, 0) is 50.2 Å². The molecule has 0 atom stereocenters. The Labute approximate surface area is 158 Å². The molecule has 8 nitrogen and oxygen atoms in total. The lowest BCUT2D eigenvalue weighted by Gasteiger charge is -2.13. The first-order valence-corrected chi connectivity index (χ1v) is 10.3. The molecule has 0 spiro atoms. The summed E-state index contributed by atoms with van der Waals surface area (Å²) in [6.07, 6.45) is 1.07. The lowest BCUT2D eigenvalue weighted by molar-refractivity contribution is 0.262. The molecule has 0 aromatic heterocycles. The number of benzene rings is 2. The maximum Gasteiger partial charge on any atom is 0.323 e. The molecule has 3 N–H and O–H groups in total. The summed E-state index contributed by atoms with van der Waals surface area (Å²) in [5.41, 5.74) is 1.48. The molecule has 0 heterocycles. The molecule has 0 saturated heterocycles. The quantitative estimate of drug-likeness (QED) is 0.636. The summed E-state index contributed by atoms with van der Waals surface area (Å²) < 4.78 is 35.8. The van der Waals surface area contributed by atoms with Gasteiger partial charge in [0, 0.05) is 23.1 Å². The summed E-state index contributed by atoms with van der Waals surface area (Å²) in [6.45, 7) is 4.73. The predicted molar refractivity (Wildman–Crippen MR) is 106 cm³/mol. The van der Waals surface area contributed by atoms with Crippen LogP contribution in [-0.4, -0.2) is 33.9 Å². The van der Waals surface area contributed by atoms with E-state index in [-0.39, 0.29) is 0 Å². The summed E-state index contributed by atoms with van der Waals surface area (Å²) in [6, 6.07) is 11.0. The third-order valence-corrected chi connectivity index (χ3v) is 3.85. The second-order valence-corrected chi connectivity index (χ2v) is 7.31. The lowest BCUT2D eigenvalue weighted by Crippen LogP contribution is -2.19. The van der Waals surface area contributed by atoms with E-state index in [1.165, 1.54) is 0 Å². The minimum atomic E-state index is -3.34. The molecule has 0 aliphatic carbocycles. The Morgan fingerprint density at radius 2 is 1.37 bits per heavy atom. The van der Waals surface area contributed by atoms with Crippen LogP contribution < -0.4 is 24.8 Å². The fourth-order valence-electron chi connectivity index (χ4n) is 2.26. The first kappa shape index (κ1) is 20.4. The third kappa shape index (κ3) is 6.70. The molecule has 2 amide bonds. The van der Waals surface area contributed by atoms with Gasteiger partial charge in [0.2, 0.25) is 10.0 Å². The van der Waals surface area contributed by atoms with E-state index in [2.05, 4.69) is 15.4 Å². The molecule has 2 aromatic carbocycles. The SMILES string of the molecule is CCOc1ccc(NC(=O)Nc2ccc(NS(C)(=O)=O)cc2)cc1OCC. The average molecular weight is 393 g/mol. The van der Waals surface area contributed by atoms with Crippen molar-refractivity contribution < 1.29 is 22.7 Å². The zero-order valence-corrected chi connectivity index (χ0v) is 16.2. The largest absolute Gasteiger partial charge is 0.490 e. The molecule has 0 saturated carbocycles. The van der Waals surface area contributed by atoms with Crippen LogP contribution in [0, 0.1) is 0 Å². The monoisotopic (exact) mass is 393 g/mol. The van der Waals surface area contributed by atoms with Gasteiger partial charge in [-0.3, -0.25) is 4.72 Å². The molecular weight excluding hydrogens is 370 g/mol. The standard InChI is InChI=1S/C18H23N3O5S/c1-4-25-16-11-10-15(12-17(16)26-5-2)20-18(22)19-13-6-8-14(9-7-13)21-27(3,23)24/h6-12,21H,4-5H2,1-3H3,(H2,19,20,22). The Bertz CT molecular complexity index is 882. The van der Waals surface area contributed by atoms with Crippen molar-refractivity contribution >= 4 is 33.1 Å². The number of hydrogen-bond acceptors (Lipinski definition) is 5. The van der Waals surface area contributed by atoms with Crippen LogP contribution in [0.2, 0.25) is 0 Å². The number of rotatable bonds is 8. The van der Waals surface area contributed by atoms with Gasteiger partial charge in [-0.25, -0.2) is 13.2 Å². The Hall–Kier alpha value is -2.94. The van der Waals surface area contributed by atoms with Crippen molar-refractivity contribution in [3.8, 4) is 11.5 Å². The Kier molecular flexibility index (Phi) is 6.89. The highest BCUT2D eigenvalue weighted by atomic mass is 32.2. The van der Waals surface area contributed by atoms with E-state index in [1.807, 2.05) is 13.8 Å². The minimum absolute atomic E-state index is 0.413. The molecule has 0 bridgehead atoms. The van der Waals surface area contributed by atoms with Crippen LogP contribution in [-0.2, 0) is 10.0 Å². The van der Waals surface area contributed by atoms with Crippen LogP contribution in [0.5, 0.6) is 11.5 Å². The summed E-state index contributed by atoms with van der Waals surface area (Å²) >= 11 is 0. The van der Waals surface area contributed by atoms with Gasteiger partial charge < -0.3 is 20.1 Å². The molecule has 146 valence electrons. The predicted octanol–water partition coefficient (Wildman–Crippen LogP) is 3.50. The summed E-state index contributed by atoms with van der Waals surface area (Å²) in [5.74, 6) is 1.16. The minimum Gasteiger partial charge on any atom is -0.490 e. The van der Waals surface area contributed by atoms with Gasteiger partial charge in [0.25, 0.3) is 0 Å². The fourth-order valence-corrected chi connectivity index (χ4v) is 2.82. The first-order valence-electron chi connectivity index (χ1n) is 8.36. The number of amides is 2. The first-order chi connectivity index (χ1) is 12.8. The van der Waals surface area contributed by atoms with E-state index < -0.39 is 16.1 Å². The number of carbonyl (C=O) groups is 1.